The minimum atomic E-state index is -2.16. The molecule has 0 aliphatic heterocycles. The van der Waals surface area contributed by atoms with Crippen molar-refractivity contribution in [1.82, 2.24) is 0 Å². The maximum Gasteiger partial charge on any atom is 0.198 e. The Morgan fingerprint density at radius 3 is 1.52 bits per heavy atom. The molecule has 8 heteroatoms. The molecule has 3 rings (SSSR count). The molecule has 2 aromatic rings. The van der Waals surface area contributed by atoms with Crippen molar-refractivity contribution < 1.29 is 30.7 Å². The number of benzene rings is 2. The van der Waals surface area contributed by atoms with Crippen molar-refractivity contribution in [3.05, 3.63) is 56.3 Å². The van der Waals surface area contributed by atoms with E-state index in [9.17, 15) is 30.7 Å². The van der Waals surface area contributed by atoms with Crippen molar-refractivity contribution in [3.8, 4) is 11.1 Å². The molecule has 0 bridgehead atoms. The van der Waals surface area contributed by atoms with Gasteiger partial charge in [0.05, 0.1) is 4.47 Å². The summed E-state index contributed by atoms with van der Waals surface area (Å²) in [4.78, 5) is 0. The molecular weight excluding hydrogens is 369 g/mol. The van der Waals surface area contributed by atoms with Gasteiger partial charge in [-0.25, -0.2) is 30.7 Å². The average Bonchev–Trinajstić information content (AvgIpc) is 2.87. The highest BCUT2D eigenvalue weighted by Crippen LogP contribution is 2.46. The molecule has 1 aliphatic rings. The Morgan fingerprint density at radius 2 is 0.952 bits per heavy atom. The van der Waals surface area contributed by atoms with Gasteiger partial charge in [0.1, 0.15) is 5.82 Å². The summed E-state index contributed by atoms with van der Waals surface area (Å²) in [5, 5.41) is 0. The first-order chi connectivity index (χ1) is 9.77. The predicted molar refractivity (Wildman–Crippen MR) is 62.1 cm³/mol. The van der Waals surface area contributed by atoms with E-state index >= 15 is 0 Å². The molecule has 21 heavy (non-hydrogen) atoms. The summed E-state index contributed by atoms with van der Waals surface area (Å²) in [6, 6.07) is 0. The minimum absolute atomic E-state index is 0.571. The van der Waals surface area contributed by atoms with Gasteiger partial charge >= 0.3 is 0 Å². The van der Waals surface area contributed by atoms with Gasteiger partial charge in [-0.05, 0) is 15.9 Å². The lowest BCUT2D eigenvalue weighted by atomic mass is 10.0. The van der Waals surface area contributed by atoms with Crippen LogP contribution in [-0.4, -0.2) is 0 Å². The summed E-state index contributed by atoms with van der Waals surface area (Å²) in [5.74, 6) is -12.5. The van der Waals surface area contributed by atoms with Crippen LogP contribution in [0.1, 0.15) is 11.1 Å². The summed E-state index contributed by atoms with van der Waals surface area (Å²) >= 11 is 2.47. The summed E-state index contributed by atoms with van der Waals surface area (Å²) in [6.45, 7) is 0. The van der Waals surface area contributed by atoms with Crippen LogP contribution in [0.4, 0.5) is 30.7 Å². The Morgan fingerprint density at radius 1 is 0.524 bits per heavy atom. The van der Waals surface area contributed by atoms with Crippen molar-refractivity contribution in [1.29, 1.82) is 0 Å². The van der Waals surface area contributed by atoms with Gasteiger partial charge in [-0.3, -0.25) is 0 Å². The molecule has 2 aromatic carbocycles. The van der Waals surface area contributed by atoms with Crippen LogP contribution in [0.15, 0.2) is 4.47 Å². The van der Waals surface area contributed by atoms with E-state index in [1.165, 1.54) is 0 Å². The maximum atomic E-state index is 13.9. The monoisotopic (exact) mass is 370 g/mol. The van der Waals surface area contributed by atoms with E-state index < -0.39 is 73.9 Å². The zero-order chi connectivity index (χ0) is 15.6. The Bertz CT molecular complexity index is 746. The zero-order valence-electron chi connectivity index (χ0n) is 9.73. The fraction of sp³-hybridized carbons (Fsp3) is 0.0769. The largest absolute Gasteiger partial charge is 0.205 e. The first-order valence-corrected chi connectivity index (χ1v) is 6.26. The van der Waals surface area contributed by atoms with Crippen molar-refractivity contribution in [2.45, 2.75) is 6.42 Å². The van der Waals surface area contributed by atoms with Gasteiger partial charge in [-0.15, -0.1) is 0 Å². The van der Waals surface area contributed by atoms with E-state index in [4.69, 9.17) is 0 Å². The molecule has 0 atom stereocenters. The van der Waals surface area contributed by atoms with Crippen LogP contribution in [0.2, 0.25) is 0 Å². The third kappa shape index (κ3) is 1.68. The first kappa shape index (κ1) is 14.4. The maximum absolute atomic E-state index is 13.9. The highest BCUT2D eigenvalue weighted by Gasteiger charge is 2.37. The molecular formula is C13H2BrF7. The molecule has 110 valence electrons. The van der Waals surface area contributed by atoms with E-state index in [2.05, 4.69) is 15.9 Å². The highest BCUT2D eigenvalue weighted by molar-refractivity contribution is 9.10. The van der Waals surface area contributed by atoms with E-state index in [-0.39, 0.29) is 0 Å². The Labute approximate surface area is 121 Å². The lowest BCUT2D eigenvalue weighted by Gasteiger charge is -2.09. The van der Waals surface area contributed by atoms with Crippen molar-refractivity contribution in [2.24, 2.45) is 0 Å². The second-order valence-corrected chi connectivity index (χ2v) is 5.19. The third-order valence-electron chi connectivity index (χ3n) is 3.33. The Kier molecular flexibility index (Phi) is 3.05. The second kappa shape index (κ2) is 4.46. The Balaban J connectivity index is 2.49. The molecule has 0 N–H and O–H groups in total. The van der Waals surface area contributed by atoms with E-state index in [1.807, 2.05) is 0 Å². The molecule has 0 saturated carbocycles. The SMILES string of the molecule is Fc1c(F)c(F)c2c(c1F)Cc1c(F)c(Br)c(F)c(F)c1-2. The molecule has 0 amide bonds. The van der Waals surface area contributed by atoms with Gasteiger partial charge in [0.2, 0.25) is 0 Å². The van der Waals surface area contributed by atoms with Gasteiger partial charge in [-0.1, -0.05) is 0 Å². The zero-order valence-corrected chi connectivity index (χ0v) is 11.3. The van der Waals surface area contributed by atoms with Gasteiger partial charge in [0, 0.05) is 28.7 Å². The summed E-state index contributed by atoms with van der Waals surface area (Å²) in [7, 11) is 0. The summed E-state index contributed by atoms with van der Waals surface area (Å²) in [5.41, 5.74) is -3.25. The van der Waals surface area contributed by atoms with Crippen LogP contribution in [0.3, 0.4) is 0 Å². The number of fused-ring (bicyclic) bond motifs is 3. The second-order valence-electron chi connectivity index (χ2n) is 4.40. The topological polar surface area (TPSA) is 0 Å². The standard InChI is InChI=1S/C13H2BrF7/c14-6-7(15)2-1-3-5(4(2)9(17)11(6)19)10(18)13(21)12(20)8(3)16/h1H2. The molecule has 0 unspecified atom stereocenters. The van der Waals surface area contributed by atoms with Gasteiger partial charge in [-0.2, -0.15) is 0 Å². The molecule has 0 spiro atoms. The van der Waals surface area contributed by atoms with Crippen molar-refractivity contribution in [2.75, 3.05) is 0 Å². The minimum Gasteiger partial charge on any atom is -0.205 e. The summed E-state index contributed by atoms with van der Waals surface area (Å²) in [6.07, 6.45) is -0.716. The van der Waals surface area contributed by atoms with Crippen LogP contribution in [0.5, 0.6) is 0 Å². The molecule has 0 radical (unpaired) electrons. The average molecular weight is 371 g/mol. The van der Waals surface area contributed by atoms with E-state index in [0.717, 1.165) is 0 Å². The fourth-order valence-corrected chi connectivity index (χ4v) is 2.80. The van der Waals surface area contributed by atoms with E-state index in [0.29, 0.717) is 0 Å². The lowest BCUT2D eigenvalue weighted by Crippen LogP contribution is -2.02. The van der Waals surface area contributed by atoms with Crippen molar-refractivity contribution >= 4 is 15.9 Å². The van der Waals surface area contributed by atoms with Crippen LogP contribution < -0.4 is 0 Å². The summed E-state index contributed by atoms with van der Waals surface area (Å²) < 4.78 is 94.2. The predicted octanol–water partition coefficient (Wildman–Crippen LogP) is 4.99. The fourth-order valence-electron chi connectivity index (χ4n) is 2.38. The molecule has 0 nitrogen and oxygen atoms in total. The van der Waals surface area contributed by atoms with Gasteiger partial charge in [0.25, 0.3) is 0 Å². The van der Waals surface area contributed by atoms with Gasteiger partial charge in [0.15, 0.2) is 34.9 Å². The lowest BCUT2D eigenvalue weighted by molar-refractivity contribution is 0.407. The van der Waals surface area contributed by atoms with E-state index in [1.54, 1.807) is 0 Å². The number of hydrogen-bond donors (Lipinski definition) is 0. The molecule has 0 heterocycles. The van der Waals surface area contributed by atoms with Crippen LogP contribution in [-0.2, 0) is 6.42 Å². The third-order valence-corrected chi connectivity index (χ3v) is 4.03. The normalized spacial score (nSPS) is 12.6. The molecule has 1 aliphatic carbocycles. The van der Waals surface area contributed by atoms with Gasteiger partial charge < -0.3 is 0 Å². The van der Waals surface area contributed by atoms with Crippen LogP contribution >= 0.6 is 15.9 Å². The Hall–Kier alpha value is -1.57. The molecule has 0 fully saturated rings. The van der Waals surface area contributed by atoms with Crippen LogP contribution in [0, 0.1) is 40.7 Å². The first-order valence-electron chi connectivity index (χ1n) is 5.47. The van der Waals surface area contributed by atoms with Crippen molar-refractivity contribution in [3.63, 3.8) is 0 Å². The number of hydrogen-bond acceptors (Lipinski definition) is 0. The number of halogens is 8. The molecule has 0 saturated heterocycles. The van der Waals surface area contributed by atoms with Crippen LogP contribution in [0.25, 0.3) is 11.1 Å². The smallest absolute Gasteiger partial charge is 0.198 e. The quantitative estimate of drug-likeness (QED) is 0.297. The number of rotatable bonds is 0. The molecule has 0 aromatic heterocycles. The highest BCUT2D eigenvalue weighted by atomic mass is 79.9.